The van der Waals surface area contributed by atoms with Crippen molar-refractivity contribution < 1.29 is 5.21 Å². The Bertz CT molecular complexity index is 499. The summed E-state index contributed by atoms with van der Waals surface area (Å²) in [6, 6.07) is 9.85. The number of rotatable bonds is 5. The van der Waals surface area contributed by atoms with Crippen molar-refractivity contribution in [2.24, 2.45) is 10.9 Å². The van der Waals surface area contributed by atoms with Gasteiger partial charge in [0.25, 0.3) is 0 Å². The zero-order chi connectivity index (χ0) is 12.8. The Morgan fingerprint density at radius 1 is 1.44 bits per heavy atom. The van der Waals surface area contributed by atoms with E-state index in [4.69, 9.17) is 10.9 Å². The molecular weight excluding hydrogens is 250 g/mol. The van der Waals surface area contributed by atoms with Crippen LogP contribution in [0.5, 0.6) is 0 Å². The minimum absolute atomic E-state index is 0.0232. The maximum Gasteiger partial charge on any atom is 0.184 e. The first kappa shape index (κ1) is 12.4. The first-order valence-electron chi connectivity index (χ1n) is 5.33. The number of benzene rings is 1. The minimum atomic E-state index is 0.0232. The minimum Gasteiger partial charge on any atom is -0.409 e. The largest absolute Gasteiger partial charge is 0.409 e. The molecule has 0 aliphatic heterocycles. The Hall–Kier alpha value is -2.02. The summed E-state index contributed by atoms with van der Waals surface area (Å²) in [4.78, 5) is 4.07. The molecule has 0 aliphatic carbocycles. The molecule has 4 N–H and O–H groups in total. The third-order valence-electron chi connectivity index (χ3n) is 2.34. The highest BCUT2D eigenvalue weighted by atomic mass is 32.2. The van der Waals surface area contributed by atoms with Crippen molar-refractivity contribution in [3.63, 3.8) is 0 Å². The molecule has 0 amide bonds. The van der Waals surface area contributed by atoms with Gasteiger partial charge in [-0.15, -0.1) is 0 Å². The Balaban J connectivity index is 2.18. The quantitative estimate of drug-likeness (QED) is 0.251. The topological polar surface area (TPSA) is 100 Å². The van der Waals surface area contributed by atoms with Crippen molar-refractivity contribution in [2.45, 2.75) is 16.8 Å². The summed E-state index contributed by atoms with van der Waals surface area (Å²) in [6.45, 7) is 0. The van der Waals surface area contributed by atoms with Crippen molar-refractivity contribution >= 4 is 17.6 Å². The Kier molecular flexibility index (Phi) is 4.19. The van der Waals surface area contributed by atoms with Crippen LogP contribution in [0.1, 0.15) is 17.2 Å². The third-order valence-corrected chi connectivity index (χ3v) is 3.48. The fourth-order valence-corrected chi connectivity index (χ4v) is 2.54. The van der Waals surface area contributed by atoms with Crippen molar-refractivity contribution in [3.8, 4) is 0 Å². The van der Waals surface area contributed by atoms with Crippen molar-refractivity contribution in [2.75, 3.05) is 0 Å². The molecule has 0 spiro atoms. The molecular formula is C11H13N5OS. The van der Waals surface area contributed by atoms with Crippen LogP contribution in [0.3, 0.4) is 0 Å². The highest BCUT2D eigenvalue weighted by Crippen LogP contribution is 2.35. The number of nitrogens with one attached hydrogen (secondary N) is 1. The van der Waals surface area contributed by atoms with E-state index in [9.17, 15) is 0 Å². The first-order valence-corrected chi connectivity index (χ1v) is 6.21. The lowest BCUT2D eigenvalue weighted by molar-refractivity contribution is 0.317. The molecule has 1 heterocycles. The van der Waals surface area contributed by atoms with E-state index in [1.165, 1.54) is 18.1 Å². The molecule has 0 bridgehead atoms. The van der Waals surface area contributed by atoms with Crippen LogP contribution in [0.4, 0.5) is 0 Å². The van der Waals surface area contributed by atoms with Gasteiger partial charge in [-0.2, -0.15) is 5.10 Å². The van der Waals surface area contributed by atoms with Gasteiger partial charge in [0.15, 0.2) is 5.16 Å². The number of hydrogen-bond donors (Lipinski definition) is 3. The van der Waals surface area contributed by atoms with E-state index in [1.807, 2.05) is 30.3 Å². The van der Waals surface area contributed by atoms with Crippen LogP contribution in [0.25, 0.3) is 0 Å². The average Bonchev–Trinajstić information content (AvgIpc) is 2.92. The van der Waals surface area contributed by atoms with Crippen molar-refractivity contribution in [1.82, 2.24) is 15.2 Å². The normalized spacial score (nSPS) is 13.4. The van der Waals surface area contributed by atoms with Crippen molar-refractivity contribution in [1.29, 1.82) is 0 Å². The van der Waals surface area contributed by atoms with Gasteiger partial charge in [-0.3, -0.25) is 5.10 Å². The lowest BCUT2D eigenvalue weighted by atomic mass is 10.1. The van der Waals surface area contributed by atoms with Crippen LogP contribution in [0.15, 0.2) is 47.0 Å². The fourth-order valence-electron chi connectivity index (χ4n) is 1.51. The first-order chi connectivity index (χ1) is 8.79. The van der Waals surface area contributed by atoms with Gasteiger partial charge in [-0.05, 0) is 5.56 Å². The molecule has 0 fully saturated rings. The molecule has 0 saturated carbocycles. The van der Waals surface area contributed by atoms with Gasteiger partial charge in [0, 0.05) is 11.7 Å². The second-order valence-corrected chi connectivity index (χ2v) is 4.79. The smallest absolute Gasteiger partial charge is 0.184 e. The molecule has 0 aliphatic rings. The maximum absolute atomic E-state index is 8.67. The number of thioether (sulfide) groups is 1. The molecule has 1 aromatic heterocycles. The van der Waals surface area contributed by atoms with Crippen LogP contribution in [0.2, 0.25) is 0 Å². The lowest BCUT2D eigenvalue weighted by Crippen LogP contribution is -2.14. The number of amidine groups is 1. The molecule has 18 heavy (non-hydrogen) atoms. The zero-order valence-electron chi connectivity index (χ0n) is 9.52. The molecule has 6 nitrogen and oxygen atoms in total. The lowest BCUT2D eigenvalue weighted by Gasteiger charge is -2.14. The molecule has 0 saturated heterocycles. The van der Waals surface area contributed by atoms with E-state index in [0.29, 0.717) is 11.6 Å². The second kappa shape index (κ2) is 6.06. The van der Waals surface area contributed by atoms with Crippen LogP contribution < -0.4 is 5.73 Å². The number of oxime groups is 1. The van der Waals surface area contributed by atoms with Gasteiger partial charge >= 0.3 is 0 Å². The SMILES string of the molecule is N/C(CC(Sc1ncn[nH]1)c1ccccc1)=N\O. The van der Waals surface area contributed by atoms with Crippen molar-refractivity contribution in [3.05, 3.63) is 42.2 Å². The van der Waals surface area contributed by atoms with Crippen LogP contribution in [-0.4, -0.2) is 26.2 Å². The van der Waals surface area contributed by atoms with Gasteiger partial charge in [0.1, 0.15) is 12.2 Å². The molecule has 1 unspecified atom stereocenters. The Morgan fingerprint density at radius 3 is 2.83 bits per heavy atom. The summed E-state index contributed by atoms with van der Waals surface area (Å²) in [5, 5.41) is 19.0. The number of aromatic nitrogens is 3. The number of aromatic amines is 1. The highest BCUT2D eigenvalue weighted by Gasteiger charge is 2.16. The summed E-state index contributed by atoms with van der Waals surface area (Å²) in [5.74, 6) is 0.191. The average molecular weight is 263 g/mol. The van der Waals surface area contributed by atoms with E-state index >= 15 is 0 Å². The zero-order valence-corrected chi connectivity index (χ0v) is 10.3. The predicted molar refractivity (Wildman–Crippen MR) is 69.4 cm³/mol. The monoisotopic (exact) mass is 263 g/mol. The van der Waals surface area contributed by atoms with E-state index in [-0.39, 0.29) is 11.1 Å². The van der Waals surface area contributed by atoms with E-state index in [2.05, 4.69) is 20.3 Å². The Labute approximate surface area is 108 Å². The molecule has 0 radical (unpaired) electrons. The molecule has 94 valence electrons. The fraction of sp³-hybridized carbons (Fsp3) is 0.182. The summed E-state index contributed by atoms with van der Waals surface area (Å²) in [6.07, 6.45) is 1.89. The van der Waals surface area contributed by atoms with Gasteiger partial charge in [0.2, 0.25) is 0 Å². The summed E-state index contributed by atoms with van der Waals surface area (Å²) in [5.41, 5.74) is 6.67. The number of hydrogen-bond acceptors (Lipinski definition) is 5. The van der Waals surface area contributed by atoms with Crippen LogP contribution in [0, 0.1) is 0 Å². The molecule has 2 aromatic rings. The molecule has 2 rings (SSSR count). The molecule has 7 heteroatoms. The Morgan fingerprint density at radius 2 is 2.22 bits per heavy atom. The van der Waals surface area contributed by atoms with Gasteiger partial charge in [-0.25, -0.2) is 4.98 Å². The second-order valence-electron chi connectivity index (χ2n) is 3.60. The molecule has 1 atom stereocenters. The number of nitrogens with two attached hydrogens (primary N) is 1. The van der Waals surface area contributed by atoms with Gasteiger partial charge < -0.3 is 10.9 Å². The van der Waals surface area contributed by atoms with E-state index in [0.717, 1.165) is 5.56 Å². The standard InChI is InChI=1S/C11H13N5OS/c12-10(16-17)6-9(8-4-2-1-3-5-8)18-11-13-7-14-15-11/h1-5,7,9,17H,6H2,(H2,12,16)(H,13,14,15). The van der Waals surface area contributed by atoms with E-state index < -0.39 is 0 Å². The van der Waals surface area contributed by atoms with Gasteiger partial charge in [-0.1, -0.05) is 47.2 Å². The molecule has 1 aromatic carbocycles. The third kappa shape index (κ3) is 3.24. The summed E-state index contributed by atoms with van der Waals surface area (Å²) >= 11 is 1.49. The van der Waals surface area contributed by atoms with E-state index in [1.54, 1.807) is 0 Å². The van der Waals surface area contributed by atoms with Crippen LogP contribution >= 0.6 is 11.8 Å². The summed E-state index contributed by atoms with van der Waals surface area (Å²) in [7, 11) is 0. The summed E-state index contributed by atoms with van der Waals surface area (Å²) < 4.78 is 0. The number of nitrogens with zero attached hydrogens (tertiary/aromatic N) is 3. The van der Waals surface area contributed by atoms with Crippen LogP contribution in [-0.2, 0) is 0 Å². The van der Waals surface area contributed by atoms with Gasteiger partial charge in [0.05, 0.1) is 0 Å². The highest BCUT2D eigenvalue weighted by molar-refractivity contribution is 7.99. The predicted octanol–water partition coefficient (Wildman–Crippen LogP) is 1.77. The maximum atomic E-state index is 8.67. The number of H-pyrrole nitrogens is 1.